The summed E-state index contributed by atoms with van der Waals surface area (Å²) in [6, 6.07) is 6.42. The maximum absolute atomic E-state index is 11.2. The van der Waals surface area contributed by atoms with Crippen molar-refractivity contribution in [2.24, 2.45) is 0 Å². The van der Waals surface area contributed by atoms with Crippen LogP contribution >= 0.6 is 0 Å². The number of nitrogens with zero attached hydrogens (tertiary/aromatic N) is 1. The lowest BCUT2D eigenvalue weighted by molar-refractivity contribution is -0.119. The Kier molecular flexibility index (Phi) is 7.77. The lowest BCUT2D eigenvalue weighted by Gasteiger charge is -2.16. The third-order valence-corrected chi connectivity index (χ3v) is 4.93. The molecule has 0 atom stereocenters. The van der Waals surface area contributed by atoms with Crippen molar-refractivity contribution in [2.75, 3.05) is 19.6 Å². The van der Waals surface area contributed by atoms with E-state index in [9.17, 15) is 4.79 Å². The van der Waals surface area contributed by atoms with E-state index in [-0.39, 0.29) is 0 Å². The van der Waals surface area contributed by atoms with E-state index in [2.05, 4.69) is 43.9 Å². The summed E-state index contributed by atoms with van der Waals surface area (Å²) >= 11 is 0. The first-order valence-corrected chi connectivity index (χ1v) is 9.73. The van der Waals surface area contributed by atoms with Crippen LogP contribution in [0.4, 0.5) is 0 Å². The molecule has 0 aromatic heterocycles. The zero-order valence-electron chi connectivity index (χ0n) is 15.6. The molecule has 0 unspecified atom stereocenters. The predicted octanol–water partition coefficient (Wildman–Crippen LogP) is 5.08. The Morgan fingerprint density at radius 2 is 1.83 bits per heavy atom. The molecule has 0 aliphatic heterocycles. The molecule has 0 N–H and O–H groups in total. The molecular weight excluding hydrogens is 298 g/mol. The molecule has 3 rings (SSSR count). The standard InChI is InChI=1S/C11H12O.C10H21NO/c1-2-4-9(3-1)12-11-6-5-8-7-10(8)11;1-4-7-10(12)8-9-11(5-2)6-3/h5-7,9H,1-4H2;4-9H2,1-3H3. The fourth-order valence-corrected chi connectivity index (χ4v) is 3.24. The fourth-order valence-electron chi connectivity index (χ4n) is 3.24. The number of hydrogen-bond acceptors (Lipinski definition) is 3. The van der Waals surface area contributed by atoms with Crippen molar-refractivity contribution in [1.29, 1.82) is 0 Å². The van der Waals surface area contributed by atoms with Gasteiger partial charge in [-0.2, -0.15) is 0 Å². The van der Waals surface area contributed by atoms with E-state index in [0.717, 1.165) is 44.6 Å². The SMILES string of the molecule is CCCC(=O)CCN(CC)CC.c1cc(OC2CCCC2)c2cc1-2. The predicted molar refractivity (Wildman–Crippen MR) is 101 cm³/mol. The summed E-state index contributed by atoms with van der Waals surface area (Å²) < 4.78 is 5.87. The van der Waals surface area contributed by atoms with Gasteiger partial charge in [-0.3, -0.25) is 4.79 Å². The Labute approximate surface area is 147 Å². The van der Waals surface area contributed by atoms with Gasteiger partial charge < -0.3 is 9.64 Å². The molecule has 3 nitrogen and oxygen atoms in total. The minimum Gasteiger partial charge on any atom is -0.490 e. The van der Waals surface area contributed by atoms with Crippen molar-refractivity contribution in [3.8, 4) is 16.9 Å². The maximum atomic E-state index is 11.2. The highest BCUT2D eigenvalue weighted by Gasteiger charge is 2.23. The average Bonchev–Trinajstić information content (AvgIpc) is 2.99. The summed E-state index contributed by atoms with van der Waals surface area (Å²) in [6.07, 6.45) is 8.16. The summed E-state index contributed by atoms with van der Waals surface area (Å²) in [5.74, 6) is 1.53. The van der Waals surface area contributed by atoms with Gasteiger partial charge >= 0.3 is 0 Å². The Bertz CT molecular complexity index is 517. The van der Waals surface area contributed by atoms with Gasteiger partial charge in [0.05, 0.1) is 6.10 Å². The fraction of sp³-hybridized carbons (Fsp3) is 0.667. The van der Waals surface area contributed by atoms with E-state index >= 15 is 0 Å². The normalized spacial score (nSPS) is 15.2. The van der Waals surface area contributed by atoms with Crippen LogP contribution in [-0.4, -0.2) is 36.4 Å². The van der Waals surface area contributed by atoms with Crippen LogP contribution in [-0.2, 0) is 4.79 Å². The zero-order chi connectivity index (χ0) is 17.4. The second-order valence-electron chi connectivity index (χ2n) is 6.80. The van der Waals surface area contributed by atoms with Crippen LogP contribution in [0, 0.1) is 0 Å². The van der Waals surface area contributed by atoms with Crippen LogP contribution in [0.15, 0.2) is 18.2 Å². The number of ether oxygens (including phenoxy) is 1. The number of Topliss-reactive ketones (excluding diaryl/α,β-unsaturated/α-hetero) is 1. The van der Waals surface area contributed by atoms with Gasteiger partial charge in [0.1, 0.15) is 11.5 Å². The van der Waals surface area contributed by atoms with Crippen LogP contribution in [0.3, 0.4) is 0 Å². The van der Waals surface area contributed by atoms with Gasteiger partial charge in [-0.15, -0.1) is 0 Å². The first kappa shape index (κ1) is 19.0. The van der Waals surface area contributed by atoms with Crippen molar-refractivity contribution in [3.05, 3.63) is 18.2 Å². The number of carbonyl (C=O) groups excluding carboxylic acids is 1. The van der Waals surface area contributed by atoms with Gasteiger partial charge in [-0.25, -0.2) is 0 Å². The number of carbonyl (C=O) groups is 1. The first-order valence-electron chi connectivity index (χ1n) is 9.73. The molecule has 0 radical (unpaired) electrons. The topological polar surface area (TPSA) is 29.5 Å². The van der Waals surface area contributed by atoms with Crippen molar-refractivity contribution in [3.63, 3.8) is 0 Å². The summed E-state index contributed by atoms with van der Waals surface area (Å²) in [6.45, 7) is 9.36. The zero-order valence-corrected chi connectivity index (χ0v) is 15.6. The molecule has 0 bridgehead atoms. The minimum absolute atomic E-state index is 0.407. The molecule has 1 saturated carbocycles. The molecule has 3 heteroatoms. The quantitative estimate of drug-likeness (QED) is 0.642. The summed E-state index contributed by atoms with van der Waals surface area (Å²) in [4.78, 5) is 13.4. The van der Waals surface area contributed by atoms with Gasteiger partial charge in [0.2, 0.25) is 0 Å². The van der Waals surface area contributed by atoms with Gasteiger partial charge in [0, 0.05) is 24.9 Å². The maximum Gasteiger partial charge on any atom is 0.134 e. The van der Waals surface area contributed by atoms with Crippen LogP contribution in [0.5, 0.6) is 5.75 Å². The summed E-state index contributed by atoms with van der Waals surface area (Å²) in [5, 5.41) is 0. The Morgan fingerprint density at radius 3 is 2.33 bits per heavy atom. The van der Waals surface area contributed by atoms with Crippen molar-refractivity contribution in [2.45, 2.75) is 71.8 Å². The molecule has 0 aromatic rings. The van der Waals surface area contributed by atoms with Gasteiger partial charge in [-0.1, -0.05) is 26.8 Å². The smallest absolute Gasteiger partial charge is 0.134 e. The lowest BCUT2D eigenvalue weighted by Crippen LogP contribution is -2.25. The van der Waals surface area contributed by atoms with Crippen LogP contribution in [0.2, 0.25) is 0 Å². The number of fused-ring (bicyclic) bond motifs is 1. The second-order valence-corrected chi connectivity index (χ2v) is 6.80. The van der Waals surface area contributed by atoms with Crippen LogP contribution in [0.1, 0.15) is 65.7 Å². The molecule has 3 aliphatic carbocycles. The summed E-state index contributed by atoms with van der Waals surface area (Å²) in [5.41, 5.74) is 2.73. The monoisotopic (exact) mass is 331 g/mol. The van der Waals surface area contributed by atoms with Crippen molar-refractivity contribution >= 4 is 5.78 Å². The molecule has 0 spiro atoms. The number of ketones is 1. The number of hydrogen-bond donors (Lipinski definition) is 0. The van der Waals surface area contributed by atoms with E-state index in [1.807, 2.05) is 0 Å². The van der Waals surface area contributed by atoms with E-state index in [4.69, 9.17) is 4.74 Å². The third kappa shape index (κ3) is 5.94. The third-order valence-electron chi connectivity index (χ3n) is 4.93. The highest BCUT2D eigenvalue weighted by atomic mass is 16.5. The van der Waals surface area contributed by atoms with Crippen molar-refractivity contribution in [1.82, 2.24) is 4.90 Å². The van der Waals surface area contributed by atoms with Gasteiger partial charge in [0.15, 0.2) is 0 Å². The molecule has 3 aliphatic rings. The Hall–Kier alpha value is -1.35. The minimum atomic E-state index is 0.407. The molecule has 0 aromatic carbocycles. The molecule has 0 saturated heterocycles. The van der Waals surface area contributed by atoms with Gasteiger partial charge in [-0.05, 0) is 62.9 Å². The molecule has 0 heterocycles. The summed E-state index contributed by atoms with van der Waals surface area (Å²) in [7, 11) is 0. The highest BCUT2D eigenvalue weighted by Crippen LogP contribution is 2.44. The lowest BCUT2D eigenvalue weighted by atomic mass is 10.2. The van der Waals surface area contributed by atoms with Crippen LogP contribution in [0.25, 0.3) is 11.1 Å². The number of rotatable bonds is 9. The molecule has 24 heavy (non-hydrogen) atoms. The molecule has 0 amide bonds. The Balaban J connectivity index is 0.000000174. The Morgan fingerprint density at radius 1 is 1.12 bits per heavy atom. The van der Waals surface area contributed by atoms with E-state index in [1.165, 1.54) is 36.8 Å². The second kappa shape index (κ2) is 9.83. The molecule has 1 fully saturated rings. The van der Waals surface area contributed by atoms with E-state index < -0.39 is 0 Å². The van der Waals surface area contributed by atoms with Crippen molar-refractivity contribution < 1.29 is 9.53 Å². The van der Waals surface area contributed by atoms with Gasteiger partial charge in [0.25, 0.3) is 0 Å². The molecular formula is C21H33NO2. The average molecular weight is 332 g/mol. The van der Waals surface area contributed by atoms with Crippen LogP contribution < -0.4 is 4.74 Å². The first-order chi connectivity index (χ1) is 11.7. The highest BCUT2D eigenvalue weighted by molar-refractivity contribution is 5.87. The molecule has 134 valence electrons. The van der Waals surface area contributed by atoms with E-state index in [0.29, 0.717) is 11.9 Å². The van der Waals surface area contributed by atoms with E-state index in [1.54, 1.807) is 0 Å². The number of benzene rings is 1. The largest absolute Gasteiger partial charge is 0.490 e.